The van der Waals surface area contributed by atoms with E-state index in [2.05, 4.69) is 15.3 Å². The van der Waals surface area contributed by atoms with Crippen molar-refractivity contribution in [3.63, 3.8) is 0 Å². The van der Waals surface area contributed by atoms with Gasteiger partial charge in [0.1, 0.15) is 17.8 Å². The van der Waals surface area contributed by atoms with Crippen molar-refractivity contribution in [3.05, 3.63) is 77.6 Å². The maximum absolute atomic E-state index is 13.1. The third-order valence-electron chi connectivity index (χ3n) is 4.34. The van der Waals surface area contributed by atoms with E-state index in [1.54, 1.807) is 6.07 Å². The molecule has 3 aromatic carbocycles. The minimum Gasteiger partial charge on any atom is -0.436 e. The number of benzene rings is 3. The van der Waals surface area contributed by atoms with Gasteiger partial charge >= 0.3 is 6.18 Å². The van der Waals surface area contributed by atoms with Crippen molar-refractivity contribution >= 4 is 39.6 Å². The lowest BCUT2D eigenvalue weighted by atomic mass is 10.1. The number of ether oxygens (including phenoxy) is 1. The normalized spacial score (nSPS) is 11.5. The third kappa shape index (κ3) is 3.95. The molecule has 9 heteroatoms. The van der Waals surface area contributed by atoms with Gasteiger partial charge in [0.2, 0.25) is 5.88 Å². The van der Waals surface area contributed by atoms with E-state index in [-0.39, 0.29) is 23.1 Å². The Balaban J connectivity index is 1.66. The highest BCUT2D eigenvalue weighted by Crippen LogP contribution is 2.38. The van der Waals surface area contributed by atoms with Crippen LogP contribution in [0.15, 0.2) is 67.0 Å². The molecule has 0 saturated carbocycles. The maximum Gasteiger partial charge on any atom is 0.417 e. The van der Waals surface area contributed by atoms with Crippen LogP contribution in [0.4, 0.5) is 30.4 Å². The van der Waals surface area contributed by atoms with E-state index in [0.29, 0.717) is 5.75 Å². The lowest BCUT2D eigenvalue weighted by molar-refractivity contribution is -0.137. The number of alkyl halides is 3. The largest absolute Gasteiger partial charge is 0.436 e. The first-order chi connectivity index (χ1) is 14.3. The lowest BCUT2D eigenvalue weighted by Crippen LogP contribution is -2.07. The first kappa shape index (κ1) is 19.8. The Morgan fingerprint density at radius 3 is 2.53 bits per heavy atom. The van der Waals surface area contributed by atoms with Crippen LogP contribution in [0.3, 0.4) is 0 Å². The summed E-state index contributed by atoms with van der Waals surface area (Å²) in [5.74, 6) is 0.722. The number of fused-ring (bicyclic) bond motifs is 1. The highest BCUT2D eigenvalue weighted by Gasteiger charge is 2.33. The first-order valence-electron chi connectivity index (χ1n) is 8.73. The summed E-state index contributed by atoms with van der Waals surface area (Å²) in [6.45, 7) is 0. The molecule has 3 N–H and O–H groups in total. The molecule has 0 aliphatic rings. The number of nitrogens with zero attached hydrogens (tertiary/aromatic N) is 2. The van der Waals surface area contributed by atoms with E-state index in [0.717, 1.165) is 22.9 Å². The van der Waals surface area contributed by atoms with Gasteiger partial charge in [0.25, 0.3) is 0 Å². The average Bonchev–Trinajstić information content (AvgIpc) is 2.72. The molecule has 0 spiro atoms. The summed E-state index contributed by atoms with van der Waals surface area (Å²) in [4.78, 5) is 8.07. The minimum absolute atomic E-state index is 0.0499. The second-order valence-electron chi connectivity index (χ2n) is 6.34. The van der Waals surface area contributed by atoms with Crippen molar-refractivity contribution in [3.8, 4) is 11.6 Å². The Kier molecular flexibility index (Phi) is 5.09. The van der Waals surface area contributed by atoms with Crippen molar-refractivity contribution < 1.29 is 17.9 Å². The van der Waals surface area contributed by atoms with Gasteiger partial charge in [-0.3, -0.25) is 0 Å². The fraction of sp³-hybridized carbons (Fsp3) is 0.0476. The van der Waals surface area contributed by atoms with E-state index in [9.17, 15) is 13.2 Å². The number of aromatic nitrogens is 2. The van der Waals surface area contributed by atoms with Crippen LogP contribution in [0.2, 0.25) is 5.02 Å². The zero-order valence-corrected chi connectivity index (χ0v) is 16.0. The molecular weight excluding hydrogens is 417 g/mol. The molecule has 0 fully saturated rings. The fourth-order valence-electron chi connectivity index (χ4n) is 2.91. The number of hydrogen-bond donors (Lipinski definition) is 2. The van der Waals surface area contributed by atoms with E-state index >= 15 is 0 Å². The van der Waals surface area contributed by atoms with E-state index in [1.807, 2.05) is 36.4 Å². The average molecular weight is 431 g/mol. The van der Waals surface area contributed by atoms with E-state index in [4.69, 9.17) is 22.1 Å². The van der Waals surface area contributed by atoms with Crippen LogP contribution < -0.4 is 15.8 Å². The molecule has 5 nitrogen and oxygen atoms in total. The molecular formula is C21H14ClF3N4O. The van der Waals surface area contributed by atoms with Crippen LogP contribution in [-0.2, 0) is 6.18 Å². The minimum atomic E-state index is -4.59. The van der Waals surface area contributed by atoms with Crippen LogP contribution >= 0.6 is 11.6 Å². The van der Waals surface area contributed by atoms with Gasteiger partial charge in [-0.15, -0.1) is 0 Å². The molecule has 0 amide bonds. The number of rotatable bonds is 4. The molecule has 152 valence electrons. The Morgan fingerprint density at radius 1 is 0.967 bits per heavy atom. The lowest BCUT2D eigenvalue weighted by Gasteiger charge is -2.14. The predicted molar refractivity (Wildman–Crippen MR) is 110 cm³/mol. The van der Waals surface area contributed by atoms with Crippen molar-refractivity contribution in [2.45, 2.75) is 6.18 Å². The Bertz CT molecular complexity index is 1230. The predicted octanol–water partition coefficient (Wildman–Crippen LogP) is 6.42. The van der Waals surface area contributed by atoms with Gasteiger partial charge in [0, 0.05) is 11.1 Å². The quantitative estimate of drug-likeness (QED) is 0.391. The van der Waals surface area contributed by atoms with Gasteiger partial charge < -0.3 is 15.8 Å². The van der Waals surface area contributed by atoms with Crippen LogP contribution in [0.5, 0.6) is 11.6 Å². The zero-order valence-electron chi connectivity index (χ0n) is 15.2. The molecule has 1 heterocycles. The molecule has 0 bridgehead atoms. The third-order valence-corrected chi connectivity index (χ3v) is 4.67. The summed E-state index contributed by atoms with van der Waals surface area (Å²) in [6, 6.07) is 16.6. The number of hydrogen-bond acceptors (Lipinski definition) is 5. The number of anilines is 3. The highest BCUT2D eigenvalue weighted by molar-refractivity contribution is 6.31. The molecule has 0 radical (unpaired) electrons. The molecule has 0 aliphatic carbocycles. The van der Waals surface area contributed by atoms with Gasteiger partial charge in [-0.05, 0) is 29.7 Å². The van der Waals surface area contributed by atoms with Crippen molar-refractivity contribution in [1.29, 1.82) is 0 Å². The van der Waals surface area contributed by atoms with E-state index < -0.39 is 16.8 Å². The summed E-state index contributed by atoms with van der Waals surface area (Å²) in [6.07, 6.45) is -3.38. The highest BCUT2D eigenvalue weighted by atomic mass is 35.5. The van der Waals surface area contributed by atoms with Crippen molar-refractivity contribution in [1.82, 2.24) is 9.97 Å². The monoisotopic (exact) mass is 430 g/mol. The Morgan fingerprint density at radius 2 is 1.73 bits per heavy atom. The molecule has 4 aromatic rings. The first-order valence-corrected chi connectivity index (χ1v) is 9.10. The fourth-order valence-corrected chi connectivity index (χ4v) is 3.13. The second kappa shape index (κ2) is 7.72. The van der Waals surface area contributed by atoms with Gasteiger partial charge in [-0.2, -0.15) is 18.2 Å². The SMILES string of the molecule is Nc1c(Nc2ccc(Cl)c(C(F)(F)F)c2)ncnc1Oc1cccc2ccccc12. The van der Waals surface area contributed by atoms with Crippen LogP contribution in [0.25, 0.3) is 10.8 Å². The Hall–Kier alpha value is -3.52. The number of nitrogens with two attached hydrogens (primary N) is 1. The van der Waals surface area contributed by atoms with Crippen LogP contribution in [0, 0.1) is 0 Å². The molecule has 0 atom stereocenters. The summed E-state index contributed by atoms with van der Waals surface area (Å²) in [5, 5.41) is 4.20. The van der Waals surface area contributed by atoms with Crippen LogP contribution in [0.1, 0.15) is 5.56 Å². The molecule has 4 rings (SSSR count). The van der Waals surface area contributed by atoms with Gasteiger partial charge in [0.05, 0.1) is 10.6 Å². The maximum atomic E-state index is 13.1. The summed E-state index contributed by atoms with van der Waals surface area (Å²) in [7, 11) is 0. The molecule has 0 unspecified atom stereocenters. The number of halogens is 4. The molecule has 0 saturated heterocycles. The topological polar surface area (TPSA) is 73.1 Å². The van der Waals surface area contributed by atoms with Crippen LogP contribution in [-0.4, -0.2) is 9.97 Å². The zero-order chi connectivity index (χ0) is 21.3. The standard InChI is InChI=1S/C21H14ClF3N4O/c22-16-9-8-13(10-15(16)21(23,24)25)29-19-18(26)20(28-11-27-19)30-17-7-3-5-12-4-1-2-6-14(12)17/h1-11H,26H2,(H,27,28,29). The smallest absolute Gasteiger partial charge is 0.417 e. The summed E-state index contributed by atoms with van der Waals surface area (Å²) in [5.41, 5.74) is 5.32. The second-order valence-corrected chi connectivity index (χ2v) is 6.75. The van der Waals surface area contributed by atoms with Crippen molar-refractivity contribution in [2.75, 3.05) is 11.1 Å². The number of nitrogen functional groups attached to an aromatic ring is 1. The summed E-state index contributed by atoms with van der Waals surface area (Å²) < 4.78 is 45.2. The number of nitrogens with one attached hydrogen (secondary N) is 1. The van der Waals surface area contributed by atoms with Gasteiger partial charge in [-0.25, -0.2) is 4.98 Å². The molecule has 30 heavy (non-hydrogen) atoms. The Labute approximate surface area is 174 Å². The van der Waals surface area contributed by atoms with Gasteiger partial charge in [0.15, 0.2) is 5.82 Å². The summed E-state index contributed by atoms with van der Waals surface area (Å²) >= 11 is 5.66. The van der Waals surface area contributed by atoms with Gasteiger partial charge in [-0.1, -0.05) is 48.0 Å². The van der Waals surface area contributed by atoms with E-state index in [1.165, 1.54) is 12.4 Å². The van der Waals surface area contributed by atoms with Crippen molar-refractivity contribution in [2.24, 2.45) is 0 Å². The molecule has 0 aliphatic heterocycles. The molecule has 1 aromatic heterocycles.